The second-order valence-electron chi connectivity index (χ2n) is 8.63. The third-order valence-corrected chi connectivity index (χ3v) is 8.95. The maximum atomic E-state index is 13.6. The number of hydrogen-bond donors (Lipinski definition) is 1. The molecular weight excluding hydrogens is 494 g/mol. The Labute approximate surface area is 218 Å². The second kappa shape index (κ2) is 13.0. The minimum Gasteiger partial charge on any atom is -0.497 e. The molecule has 1 unspecified atom stereocenters. The van der Waals surface area contributed by atoms with E-state index in [4.69, 9.17) is 9.72 Å². The number of carbonyl (C=O) groups excluding carboxylic acids is 1. The van der Waals surface area contributed by atoms with Gasteiger partial charge in [0.05, 0.1) is 17.7 Å². The van der Waals surface area contributed by atoms with Crippen molar-refractivity contribution in [2.24, 2.45) is 0 Å². The van der Waals surface area contributed by atoms with E-state index in [1.54, 1.807) is 35.7 Å². The SMILES string of the molecule is CCCC(=O)Nc1nc(-c2ccc(OC)cc2)c(CCN(C(C)CCC)S(=O)(=O)c2ccccc2)s1. The molecule has 1 amide bonds. The number of methoxy groups -OCH3 is 1. The molecule has 9 heteroatoms. The van der Waals surface area contributed by atoms with Crippen molar-refractivity contribution in [2.45, 2.75) is 63.8 Å². The van der Waals surface area contributed by atoms with E-state index in [1.165, 1.54) is 11.3 Å². The normalized spacial score (nSPS) is 12.5. The molecule has 0 spiro atoms. The van der Waals surface area contributed by atoms with Gasteiger partial charge in [0.15, 0.2) is 5.13 Å². The number of amides is 1. The van der Waals surface area contributed by atoms with Crippen LogP contribution in [0, 0.1) is 0 Å². The standard InChI is InChI=1S/C27H35N3O4S2/c1-5-10-20(3)30(36(32,33)23-12-8-7-9-13-23)19-18-24-26(21-14-16-22(34-4)17-15-21)29-27(35-24)28-25(31)11-6-2/h7-9,12-17,20H,5-6,10-11,18-19H2,1-4H3,(H,28,29,31). The third kappa shape index (κ3) is 6.93. The van der Waals surface area contributed by atoms with Crippen LogP contribution in [0.2, 0.25) is 0 Å². The summed E-state index contributed by atoms with van der Waals surface area (Å²) in [4.78, 5) is 18.1. The first-order valence-electron chi connectivity index (χ1n) is 12.3. The van der Waals surface area contributed by atoms with Gasteiger partial charge < -0.3 is 10.1 Å². The molecule has 0 saturated heterocycles. The number of benzene rings is 2. The maximum absolute atomic E-state index is 13.6. The van der Waals surface area contributed by atoms with E-state index >= 15 is 0 Å². The summed E-state index contributed by atoms with van der Waals surface area (Å²) in [5.74, 6) is 0.657. The fourth-order valence-electron chi connectivity index (χ4n) is 4.04. The number of ether oxygens (including phenoxy) is 1. The van der Waals surface area contributed by atoms with Gasteiger partial charge in [-0.25, -0.2) is 13.4 Å². The van der Waals surface area contributed by atoms with Crippen LogP contribution in [0.5, 0.6) is 5.75 Å². The van der Waals surface area contributed by atoms with Crippen molar-refractivity contribution in [2.75, 3.05) is 19.0 Å². The van der Waals surface area contributed by atoms with Crippen molar-refractivity contribution in [1.29, 1.82) is 0 Å². The summed E-state index contributed by atoms with van der Waals surface area (Å²) in [6.45, 7) is 6.28. The Balaban J connectivity index is 1.94. The Kier molecular flexibility index (Phi) is 10.0. The molecule has 0 radical (unpaired) electrons. The van der Waals surface area contributed by atoms with Crippen molar-refractivity contribution in [3.63, 3.8) is 0 Å². The molecule has 3 rings (SSSR count). The van der Waals surface area contributed by atoms with Gasteiger partial charge in [0, 0.05) is 29.4 Å². The number of thiazole rings is 1. The summed E-state index contributed by atoms with van der Waals surface area (Å²) in [7, 11) is -2.05. The second-order valence-corrected chi connectivity index (χ2v) is 11.6. The van der Waals surface area contributed by atoms with E-state index in [2.05, 4.69) is 12.2 Å². The maximum Gasteiger partial charge on any atom is 0.243 e. The number of rotatable bonds is 13. The average molecular weight is 530 g/mol. The Hall–Kier alpha value is -2.75. The van der Waals surface area contributed by atoms with E-state index in [0.29, 0.717) is 29.4 Å². The van der Waals surface area contributed by atoms with Crippen LogP contribution < -0.4 is 10.1 Å². The smallest absolute Gasteiger partial charge is 0.243 e. The van der Waals surface area contributed by atoms with Crippen LogP contribution in [0.3, 0.4) is 0 Å². The van der Waals surface area contributed by atoms with Crippen molar-refractivity contribution < 1.29 is 17.9 Å². The molecule has 2 aromatic carbocycles. The molecule has 0 bridgehead atoms. The van der Waals surface area contributed by atoms with Gasteiger partial charge in [0.2, 0.25) is 15.9 Å². The van der Waals surface area contributed by atoms with Crippen LogP contribution in [0.25, 0.3) is 11.3 Å². The molecule has 0 aliphatic heterocycles. The lowest BCUT2D eigenvalue weighted by Crippen LogP contribution is -2.40. The Morgan fingerprint density at radius 2 is 1.78 bits per heavy atom. The third-order valence-electron chi connectivity index (χ3n) is 5.89. The molecule has 1 heterocycles. The fraction of sp³-hybridized carbons (Fsp3) is 0.407. The fourth-order valence-corrected chi connectivity index (χ4v) is 6.71. The zero-order chi connectivity index (χ0) is 26.1. The van der Waals surface area contributed by atoms with Gasteiger partial charge in [-0.3, -0.25) is 4.79 Å². The van der Waals surface area contributed by atoms with E-state index in [-0.39, 0.29) is 11.9 Å². The topological polar surface area (TPSA) is 88.6 Å². The van der Waals surface area contributed by atoms with E-state index in [1.807, 2.05) is 44.2 Å². The molecule has 0 aliphatic rings. The molecule has 0 fully saturated rings. The Morgan fingerprint density at radius 3 is 2.39 bits per heavy atom. The van der Waals surface area contributed by atoms with Crippen molar-refractivity contribution in [3.05, 3.63) is 59.5 Å². The summed E-state index contributed by atoms with van der Waals surface area (Å²) in [5, 5.41) is 3.42. The quantitative estimate of drug-likeness (QED) is 0.294. The van der Waals surface area contributed by atoms with Gasteiger partial charge in [-0.1, -0.05) is 38.5 Å². The van der Waals surface area contributed by atoms with E-state index < -0.39 is 10.0 Å². The average Bonchev–Trinajstić information content (AvgIpc) is 3.27. The van der Waals surface area contributed by atoms with Crippen LogP contribution in [-0.2, 0) is 21.2 Å². The molecule has 1 atom stereocenters. The summed E-state index contributed by atoms with van der Waals surface area (Å²) in [6, 6.07) is 16.0. The predicted octanol–water partition coefficient (Wildman–Crippen LogP) is 5.98. The molecule has 1 aromatic heterocycles. The van der Waals surface area contributed by atoms with Crippen LogP contribution >= 0.6 is 11.3 Å². The first-order valence-corrected chi connectivity index (χ1v) is 14.6. The van der Waals surface area contributed by atoms with E-state index in [9.17, 15) is 13.2 Å². The monoisotopic (exact) mass is 529 g/mol. The first-order chi connectivity index (χ1) is 17.3. The van der Waals surface area contributed by atoms with Crippen LogP contribution in [-0.4, -0.2) is 43.3 Å². The van der Waals surface area contributed by atoms with Gasteiger partial charge in [-0.2, -0.15) is 4.31 Å². The summed E-state index contributed by atoms with van der Waals surface area (Å²) >= 11 is 1.40. The minimum atomic E-state index is -3.67. The summed E-state index contributed by atoms with van der Waals surface area (Å²) in [6.07, 6.45) is 3.29. The van der Waals surface area contributed by atoms with Crippen molar-refractivity contribution in [3.8, 4) is 17.0 Å². The van der Waals surface area contributed by atoms with Crippen LogP contribution in [0.4, 0.5) is 5.13 Å². The number of hydrogen-bond acceptors (Lipinski definition) is 6. The lowest BCUT2D eigenvalue weighted by molar-refractivity contribution is -0.116. The molecule has 194 valence electrons. The minimum absolute atomic E-state index is 0.0797. The van der Waals surface area contributed by atoms with E-state index in [0.717, 1.165) is 41.1 Å². The predicted molar refractivity (Wildman–Crippen MR) is 146 cm³/mol. The number of anilines is 1. The zero-order valence-electron chi connectivity index (χ0n) is 21.4. The largest absolute Gasteiger partial charge is 0.497 e. The van der Waals surface area contributed by atoms with Crippen LogP contribution in [0.15, 0.2) is 59.5 Å². The number of nitrogens with zero attached hydrogens (tertiary/aromatic N) is 2. The molecule has 3 aromatic rings. The zero-order valence-corrected chi connectivity index (χ0v) is 23.0. The Bertz CT molecular complexity index is 1230. The van der Waals surface area contributed by atoms with Gasteiger partial charge >= 0.3 is 0 Å². The highest BCUT2D eigenvalue weighted by Crippen LogP contribution is 2.33. The van der Waals surface area contributed by atoms with Crippen molar-refractivity contribution in [1.82, 2.24) is 9.29 Å². The summed E-state index contributed by atoms with van der Waals surface area (Å²) in [5.41, 5.74) is 1.63. The summed E-state index contributed by atoms with van der Waals surface area (Å²) < 4.78 is 34.0. The number of sulfonamides is 1. The highest BCUT2D eigenvalue weighted by Gasteiger charge is 2.29. The number of nitrogens with one attached hydrogen (secondary N) is 1. The lowest BCUT2D eigenvalue weighted by atomic mass is 10.1. The molecule has 7 nitrogen and oxygen atoms in total. The highest BCUT2D eigenvalue weighted by atomic mass is 32.2. The first kappa shape index (κ1) is 27.8. The lowest BCUT2D eigenvalue weighted by Gasteiger charge is -2.28. The molecule has 1 N–H and O–H groups in total. The molecular formula is C27H35N3O4S2. The van der Waals surface area contributed by atoms with Gasteiger partial charge in [0.25, 0.3) is 0 Å². The number of aromatic nitrogens is 1. The highest BCUT2D eigenvalue weighted by molar-refractivity contribution is 7.89. The van der Waals surface area contributed by atoms with Crippen molar-refractivity contribution >= 4 is 32.4 Å². The molecule has 36 heavy (non-hydrogen) atoms. The Morgan fingerprint density at radius 1 is 1.08 bits per heavy atom. The van der Waals surface area contributed by atoms with Crippen LogP contribution in [0.1, 0.15) is 51.3 Å². The van der Waals surface area contributed by atoms with Gasteiger partial charge in [0.1, 0.15) is 5.75 Å². The number of carbonyl (C=O) groups is 1. The van der Waals surface area contributed by atoms with Gasteiger partial charge in [-0.05, 0) is 62.6 Å². The van der Waals surface area contributed by atoms with Gasteiger partial charge in [-0.15, -0.1) is 11.3 Å². The molecule has 0 aliphatic carbocycles. The molecule has 0 saturated carbocycles.